The Morgan fingerprint density at radius 3 is 2.77 bits per heavy atom. The predicted octanol–water partition coefficient (Wildman–Crippen LogP) is 2.97. The van der Waals surface area contributed by atoms with E-state index in [9.17, 15) is 4.79 Å². The number of pyridine rings is 1. The zero-order valence-corrected chi connectivity index (χ0v) is 14.2. The Kier molecular flexibility index (Phi) is 4.57. The zero-order chi connectivity index (χ0) is 17.8. The predicted molar refractivity (Wildman–Crippen MR) is 99.9 cm³/mol. The topological polar surface area (TPSA) is 73.9 Å². The van der Waals surface area contributed by atoms with Gasteiger partial charge < -0.3 is 5.32 Å². The van der Waals surface area contributed by atoms with Crippen LogP contribution in [0.5, 0.6) is 0 Å². The van der Waals surface area contributed by atoms with Crippen LogP contribution in [0.15, 0.2) is 60.9 Å². The Morgan fingerprint density at radius 2 is 1.96 bits per heavy atom. The van der Waals surface area contributed by atoms with E-state index in [1.54, 1.807) is 18.5 Å². The maximum atomic E-state index is 12.2. The van der Waals surface area contributed by atoms with Gasteiger partial charge in [0.15, 0.2) is 5.82 Å². The summed E-state index contributed by atoms with van der Waals surface area (Å²) in [7, 11) is 0. The van der Waals surface area contributed by atoms with Gasteiger partial charge in [-0.05, 0) is 29.3 Å². The first kappa shape index (κ1) is 16.2. The van der Waals surface area contributed by atoms with Gasteiger partial charge in [0.05, 0.1) is 5.69 Å². The maximum Gasteiger partial charge on any atom is 0.249 e. The molecule has 0 unspecified atom stereocenters. The molecule has 0 saturated heterocycles. The molecule has 6 heteroatoms. The molecule has 0 aliphatic carbocycles. The lowest BCUT2D eigenvalue weighted by atomic mass is 10.2. The molecule has 1 amide bonds. The molecule has 0 spiro atoms. The van der Waals surface area contributed by atoms with Gasteiger partial charge in [0.25, 0.3) is 0 Å². The van der Waals surface area contributed by atoms with E-state index < -0.39 is 0 Å². The molecule has 3 aromatic rings. The third-order valence-electron chi connectivity index (χ3n) is 4.34. The fourth-order valence-corrected chi connectivity index (χ4v) is 3.07. The van der Waals surface area contributed by atoms with Crippen molar-refractivity contribution >= 4 is 17.8 Å². The summed E-state index contributed by atoms with van der Waals surface area (Å²) >= 11 is 0. The highest BCUT2D eigenvalue weighted by Crippen LogP contribution is 2.28. The zero-order valence-electron chi connectivity index (χ0n) is 14.2. The number of hydrogen-bond acceptors (Lipinski definition) is 4. The smallest absolute Gasteiger partial charge is 0.249 e. The van der Waals surface area contributed by atoms with E-state index in [0.29, 0.717) is 5.82 Å². The lowest BCUT2D eigenvalue weighted by Gasteiger charge is -2.15. The number of amides is 1. The van der Waals surface area contributed by atoms with E-state index in [1.807, 2.05) is 30.3 Å². The summed E-state index contributed by atoms with van der Waals surface area (Å²) in [6, 6.07) is 14.1. The van der Waals surface area contributed by atoms with Crippen molar-refractivity contribution in [3.05, 3.63) is 83.3 Å². The Hall–Kier alpha value is -3.25. The average Bonchev–Trinajstić information content (AvgIpc) is 3.23. The van der Waals surface area contributed by atoms with E-state index >= 15 is 0 Å². The normalized spacial score (nSPS) is 13.8. The number of benzene rings is 1. The van der Waals surface area contributed by atoms with E-state index in [1.165, 1.54) is 11.6 Å². The quantitative estimate of drug-likeness (QED) is 0.697. The van der Waals surface area contributed by atoms with E-state index in [4.69, 9.17) is 0 Å². The largest absolute Gasteiger partial charge is 0.305 e. The van der Waals surface area contributed by atoms with Crippen molar-refractivity contribution in [1.82, 2.24) is 20.1 Å². The Labute approximate surface area is 151 Å². The van der Waals surface area contributed by atoms with Crippen molar-refractivity contribution in [1.29, 1.82) is 0 Å². The molecule has 26 heavy (non-hydrogen) atoms. The molecule has 0 radical (unpaired) electrons. The number of carbonyl (C=O) groups is 1. The highest BCUT2D eigenvalue weighted by molar-refractivity contribution is 6.01. The van der Waals surface area contributed by atoms with Crippen LogP contribution in [0.4, 0.5) is 5.82 Å². The summed E-state index contributed by atoms with van der Waals surface area (Å²) in [5, 5.41) is 10.2. The van der Waals surface area contributed by atoms with Crippen molar-refractivity contribution in [2.45, 2.75) is 19.6 Å². The number of nitrogens with one attached hydrogen (secondary N) is 2. The standard InChI is InChI=1S/C20H19N5O/c26-19(7-6-15-8-10-21-11-9-15)22-20-17-13-25(14-18(17)23-24-20)12-16-4-2-1-3-5-16/h1-11H,12-14H2,(H2,22,23,24,26). The van der Waals surface area contributed by atoms with Crippen LogP contribution in [0.3, 0.4) is 0 Å². The molecule has 1 aliphatic heterocycles. The second kappa shape index (κ2) is 7.33. The highest BCUT2D eigenvalue weighted by Gasteiger charge is 2.25. The second-order valence-electron chi connectivity index (χ2n) is 6.26. The molecule has 0 atom stereocenters. The van der Waals surface area contributed by atoms with Gasteiger partial charge in [-0.25, -0.2) is 0 Å². The molecular formula is C20H19N5O. The molecule has 4 rings (SSSR count). The van der Waals surface area contributed by atoms with Gasteiger partial charge in [-0.1, -0.05) is 30.3 Å². The van der Waals surface area contributed by atoms with Crippen LogP contribution in [-0.4, -0.2) is 26.0 Å². The Bertz CT molecular complexity index is 918. The van der Waals surface area contributed by atoms with Gasteiger partial charge in [-0.15, -0.1) is 0 Å². The monoisotopic (exact) mass is 345 g/mol. The molecule has 130 valence electrons. The Balaban J connectivity index is 1.39. The molecule has 0 saturated carbocycles. The van der Waals surface area contributed by atoms with E-state index in [2.05, 4.69) is 37.5 Å². The lowest BCUT2D eigenvalue weighted by Crippen LogP contribution is -2.17. The number of aromatic nitrogens is 3. The fourth-order valence-electron chi connectivity index (χ4n) is 3.07. The summed E-state index contributed by atoms with van der Waals surface area (Å²) < 4.78 is 0. The number of nitrogens with zero attached hydrogens (tertiary/aromatic N) is 3. The van der Waals surface area contributed by atoms with Gasteiger partial charge in [-0.3, -0.25) is 19.8 Å². The van der Waals surface area contributed by atoms with E-state index in [0.717, 1.165) is 36.5 Å². The van der Waals surface area contributed by atoms with Gasteiger partial charge in [0.2, 0.25) is 5.91 Å². The van der Waals surface area contributed by atoms with Crippen LogP contribution in [-0.2, 0) is 24.4 Å². The number of rotatable bonds is 5. The highest BCUT2D eigenvalue weighted by atomic mass is 16.1. The van der Waals surface area contributed by atoms with Crippen molar-refractivity contribution in [2.75, 3.05) is 5.32 Å². The first-order chi connectivity index (χ1) is 12.8. The summed E-state index contributed by atoms with van der Waals surface area (Å²) in [5.41, 5.74) is 4.33. The minimum atomic E-state index is -0.197. The molecular weight excluding hydrogens is 326 g/mol. The van der Waals surface area contributed by atoms with E-state index in [-0.39, 0.29) is 5.91 Å². The summed E-state index contributed by atoms with van der Waals surface area (Å²) in [6.07, 6.45) is 6.65. The van der Waals surface area contributed by atoms with Gasteiger partial charge in [0, 0.05) is 43.7 Å². The number of aromatic amines is 1. The minimum Gasteiger partial charge on any atom is -0.305 e. The molecule has 3 heterocycles. The van der Waals surface area contributed by atoms with Gasteiger partial charge in [0.1, 0.15) is 0 Å². The van der Waals surface area contributed by atoms with Crippen molar-refractivity contribution < 1.29 is 4.79 Å². The fraction of sp³-hybridized carbons (Fsp3) is 0.150. The number of fused-ring (bicyclic) bond motifs is 1. The minimum absolute atomic E-state index is 0.197. The van der Waals surface area contributed by atoms with Crippen LogP contribution in [0, 0.1) is 0 Å². The van der Waals surface area contributed by atoms with Gasteiger partial charge in [-0.2, -0.15) is 5.10 Å². The first-order valence-electron chi connectivity index (χ1n) is 8.49. The van der Waals surface area contributed by atoms with Crippen LogP contribution < -0.4 is 5.32 Å². The number of H-pyrrole nitrogens is 1. The summed E-state index contributed by atoms with van der Waals surface area (Å²) in [6.45, 7) is 2.45. The van der Waals surface area contributed by atoms with Crippen LogP contribution in [0.2, 0.25) is 0 Å². The molecule has 2 aromatic heterocycles. The number of carbonyl (C=O) groups excluding carboxylic acids is 1. The third-order valence-corrected chi connectivity index (χ3v) is 4.34. The van der Waals surface area contributed by atoms with Crippen molar-refractivity contribution in [2.24, 2.45) is 0 Å². The molecule has 1 aliphatic rings. The van der Waals surface area contributed by atoms with Crippen LogP contribution in [0.1, 0.15) is 22.4 Å². The molecule has 2 N–H and O–H groups in total. The van der Waals surface area contributed by atoms with Crippen molar-refractivity contribution in [3.8, 4) is 0 Å². The SMILES string of the molecule is O=C(C=Cc1ccncc1)Nc1n[nH]c2c1CN(Cc1ccccc1)C2. The summed E-state index contributed by atoms with van der Waals surface area (Å²) in [4.78, 5) is 18.5. The van der Waals surface area contributed by atoms with Crippen LogP contribution >= 0.6 is 0 Å². The molecule has 0 fully saturated rings. The Morgan fingerprint density at radius 1 is 1.15 bits per heavy atom. The number of hydrogen-bond donors (Lipinski definition) is 2. The van der Waals surface area contributed by atoms with Crippen LogP contribution in [0.25, 0.3) is 6.08 Å². The average molecular weight is 345 g/mol. The number of anilines is 1. The van der Waals surface area contributed by atoms with Gasteiger partial charge >= 0.3 is 0 Å². The second-order valence-corrected chi connectivity index (χ2v) is 6.26. The molecule has 0 bridgehead atoms. The maximum absolute atomic E-state index is 12.2. The van der Waals surface area contributed by atoms with Crippen molar-refractivity contribution in [3.63, 3.8) is 0 Å². The molecule has 6 nitrogen and oxygen atoms in total. The third kappa shape index (κ3) is 3.70. The lowest BCUT2D eigenvalue weighted by molar-refractivity contribution is -0.111. The molecule has 1 aromatic carbocycles. The summed E-state index contributed by atoms with van der Waals surface area (Å²) in [5.74, 6) is 0.414. The first-order valence-corrected chi connectivity index (χ1v) is 8.49.